The Morgan fingerprint density at radius 3 is 2.30 bits per heavy atom. The number of thiazole rings is 1. The molecule has 0 unspecified atom stereocenters. The molecule has 0 saturated carbocycles. The molecule has 0 aliphatic carbocycles. The summed E-state index contributed by atoms with van der Waals surface area (Å²) in [6.07, 6.45) is 0. The monoisotopic (exact) mass is 699 g/mol. The number of carboxylic acid groups (broad SMARTS) is 1. The first-order valence-corrected chi connectivity index (χ1v) is 12.8. The van der Waals surface area contributed by atoms with E-state index in [0.29, 0.717) is 29.0 Å². The fraction of sp³-hybridized carbons (Fsp3) is 0.0588. The van der Waals surface area contributed by atoms with Crippen molar-refractivity contribution in [1.82, 2.24) is 4.98 Å². The van der Waals surface area contributed by atoms with Crippen LogP contribution < -0.4 is 11.1 Å². The summed E-state index contributed by atoms with van der Waals surface area (Å²) in [5, 5.41) is 12.4. The third-order valence-electron chi connectivity index (χ3n) is 3.67. The number of benzene rings is 2. The molecule has 2 aromatic carbocycles. The molecule has 1 heterocycles. The number of thioether (sulfide) groups is 1. The van der Waals surface area contributed by atoms with Gasteiger partial charge in [0.15, 0.2) is 4.34 Å². The van der Waals surface area contributed by atoms with Crippen molar-refractivity contribution >= 4 is 121 Å². The Balaban J connectivity index is 1.95. The summed E-state index contributed by atoms with van der Waals surface area (Å²) >= 11 is 15.8. The smallest absolute Gasteiger partial charge is 0.337 e. The first-order chi connectivity index (χ1) is 14.1. The Bertz CT molecular complexity index is 1220. The van der Waals surface area contributed by atoms with Gasteiger partial charge in [0.25, 0.3) is 5.91 Å². The number of carbonyl (C=O) groups excluding carboxylic acids is 2. The predicted molar refractivity (Wildman–Crippen MR) is 132 cm³/mol. The minimum atomic E-state index is -1.25. The van der Waals surface area contributed by atoms with E-state index in [2.05, 4.69) is 74.0 Å². The van der Waals surface area contributed by atoms with Gasteiger partial charge in [-0.3, -0.25) is 9.59 Å². The average Bonchev–Trinajstić information content (AvgIpc) is 3.09. The van der Waals surface area contributed by atoms with Crippen LogP contribution in [0.1, 0.15) is 20.7 Å². The van der Waals surface area contributed by atoms with Crippen LogP contribution in [-0.4, -0.2) is 33.6 Å². The third-order valence-corrected chi connectivity index (χ3v) is 10.6. The number of nitrogens with zero attached hydrogens (tertiary/aromatic N) is 1. The van der Waals surface area contributed by atoms with Gasteiger partial charge < -0.3 is 16.2 Å². The molecule has 0 fully saturated rings. The molecular formula is C17H9Br4N3O4S2. The van der Waals surface area contributed by atoms with Crippen molar-refractivity contribution < 1.29 is 19.5 Å². The molecule has 1 aromatic heterocycles. The zero-order chi connectivity index (χ0) is 22.2. The maximum absolute atomic E-state index is 13.0. The van der Waals surface area contributed by atoms with Gasteiger partial charge in [-0.15, -0.1) is 11.3 Å². The molecule has 0 bridgehead atoms. The lowest BCUT2D eigenvalue weighted by atomic mass is 10.1. The van der Waals surface area contributed by atoms with E-state index in [0.717, 1.165) is 4.70 Å². The molecule has 30 heavy (non-hydrogen) atoms. The average molecular weight is 703 g/mol. The van der Waals surface area contributed by atoms with E-state index in [9.17, 15) is 19.5 Å². The first-order valence-electron chi connectivity index (χ1n) is 7.82. The molecule has 0 radical (unpaired) electrons. The number of anilines is 1. The van der Waals surface area contributed by atoms with Crippen molar-refractivity contribution in [3.8, 4) is 0 Å². The maximum atomic E-state index is 13.0. The molecule has 0 aliphatic heterocycles. The van der Waals surface area contributed by atoms with E-state index < -0.39 is 17.8 Å². The van der Waals surface area contributed by atoms with Crippen molar-refractivity contribution in [3.05, 3.63) is 47.2 Å². The molecule has 3 aromatic rings. The second kappa shape index (κ2) is 9.65. The van der Waals surface area contributed by atoms with Crippen LogP contribution in [0.4, 0.5) is 5.69 Å². The quantitative estimate of drug-likeness (QED) is 0.168. The lowest BCUT2D eigenvalue weighted by molar-refractivity contribution is -0.115. The Morgan fingerprint density at radius 2 is 1.70 bits per heavy atom. The van der Waals surface area contributed by atoms with E-state index in [-0.39, 0.29) is 21.4 Å². The molecular weight excluding hydrogens is 694 g/mol. The number of hydrogen-bond acceptors (Lipinski definition) is 6. The van der Waals surface area contributed by atoms with E-state index in [4.69, 9.17) is 5.73 Å². The molecule has 13 heteroatoms. The standard InChI is InChI=1S/C17H9Br4N3O4S2/c18-11-9(10(16(27)28)12(19)14(21)13(11)20)15(26)23-5-1-2-6-7(3-5)30-17(24-6)29-4-8(22)25/h1-3H,4H2,(H2,22,25)(H,23,26)(H,27,28). The number of nitrogens with two attached hydrogens (primary N) is 1. The number of aromatic carboxylic acids is 1. The van der Waals surface area contributed by atoms with Crippen molar-refractivity contribution in [2.75, 3.05) is 11.1 Å². The number of hydrogen-bond donors (Lipinski definition) is 3. The van der Waals surface area contributed by atoms with E-state index in [1.165, 1.54) is 23.1 Å². The molecule has 0 spiro atoms. The molecule has 3 rings (SSSR count). The highest BCUT2D eigenvalue weighted by atomic mass is 79.9. The molecule has 0 saturated heterocycles. The van der Waals surface area contributed by atoms with Crippen LogP contribution in [0.15, 0.2) is 40.4 Å². The third kappa shape index (κ3) is 4.91. The fourth-order valence-corrected chi connectivity index (χ4v) is 6.73. The summed E-state index contributed by atoms with van der Waals surface area (Å²) in [6, 6.07) is 5.13. The van der Waals surface area contributed by atoms with E-state index >= 15 is 0 Å². The van der Waals surface area contributed by atoms with Gasteiger partial charge in [0.05, 0.1) is 27.1 Å². The predicted octanol–water partition coefficient (Wildman–Crippen LogP) is 5.87. The SMILES string of the molecule is NC(=O)CSc1nc2ccc(NC(=O)c3c(Br)c(Br)c(Br)c(Br)c3C(=O)O)cc2s1. The zero-order valence-corrected chi connectivity index (χ0v) is 22.4. The number of rotatable bonds is 6. The van der Waals surface area contributed by atoms with Crippen LogP contribution in [0.2, 0.25) is 0 Å². The Labute approximate surface area is 211 Å². The minimum absolute atomic E-state index is 0.0356. The molecule has 156 valence electrons. The van der Waals surface area contributed by atoms with Crippen LogP contribution in [0.5, 0.6) is 0 Å². The van der Waals surface area contributed by atoms with E-state index in [1.54, 1.807) is 18.2 Å². The van der Waals surface area contributed by atoms with Crippen LogP contribution in [0, 0.1) is 0 Å². The highest BCUT2D eigenvalue weighted by Crippen LogP contribution is 2.42. The van der Waals surface area contributed by atoms with Crippen LogP contribution >= 0.6 is 86.8 Å². The van der Waals surface area contributed by atoms with Crippen molar-refractivity contribution in [2.24, 2.45) is 5.73 Å². The second-order valence-electron chi connectivity index (χ2n) is 5.68. The maximum Gasteiger partial charge on any atom is 0.337 e. The van der Waals surface area contributed by atoms with Gasteiger partial charge in [-0.1, -0.05) is 11.8 Å². The van der Waals surface area contributed by atoms with Gasteiger partial charge in [0.2, 0.25) is 5.91 Å². The van der Waals surface area contributed by atoms with Crippen LogP contribution in [0.25, 0.3) is 10.2 Å². The van der Waals surface area contributed by atoms with Crippen molar-refractivity contribution in [3.63, 3.8) is 0 Å². The fourth-order valence-electron chi connectivity index (χ4n) is 2.42. The summed E-state index contributed by atoms with van der Waals surface area (Å²) in [6.45, 7) is 0. The number of carbonyl (C=O) groups is 3. The number of primary amides is 1. The van der Waals surface area contributed by atoms with Crippen molar-refractivity contribution in [2.45, 2.75) is 4.34 Å². The molecule has 2 amide bonds. The lowest BCUT2D eigenvalue weighted by Crippen LogP contribution is -2.18. The highest BCUT2D eigenvalue weighted by Gasteiger charge is 2.28. The van der Waals surface area contributed by atoms with Gasteiger partial charge in [0, 0.05) is 23.6 Å². The lowest BCUT2D eigenvalue weighted by Gasteiger charge is -2.14. The number of nitrogens with one attached hydrogen (secondary N) is 1. The number of halogens is 4. The topological polar surface area (TPSA) is 122 Å². The van der Waals surface area contributed by atoms with Gasteiger partial charge in [0.1, 0.15) is 0 Å². The summed E-state index contributed by atoms with van der Waals surface area (Å²) in [5.41, 5.74) is 6.13. The molecule has 4 N–H and O–H groups in total. The second-order valence-corrected chi connectivity index (χ2v) is 11.1. The number of fused-ring (bicyclic) bond motifs is 1. The Kier molecular flexibility index (Phi) is 7.62. The number of aromatic nitrogens is 1. The van der Waals surface area contributed by atoms with Gasteiger partial charge >= 0.3 is 5.97 Å². The number of amides is 2. The van der Waals surface area contributed by atoms with Gasteiger partial charge in [-0.25, -0.2) is 9.78 Å². The van der Waals surface area contributed by atoms with E-state index in [1.807, 2.05) is 0 Å². The summed E-state index contributed by atoms with van der Waals surface area (Å²) in [5.74, 6) is -2.16. The largest absolute Gasteiger partial charge is 0.478 e. The Hall–Kier alpha value is -0.990. The molecule has 7 nitrogen and oxygen atoms in total. The normalized spacial score (nSPS) is 10.9. The van der Waals surface area contributed by atoms with Gasteiger partial charge in [-0.2, -0.15) is 0 Å². The minimum Gasteiger partial charge on any atom is -0.478 e. The zero-order valence-electron chi connectivity index (χ0n) is 14.5. The molecule has 0 aliphatic rings. The summed E-state index contributed by atoms with van der Waals surface area (Å²) in [7, 11) is 0. The van der Waals surface area contributed by atoms with Crippen LogP contribution in [-0.2, 0) is 4.79 Å². The van der Waals surface area contributed by atoms with Crippen LogP contribution in [0.3, 0.4) is 0 Å². The summed E-state index contributed by atoms with van der Waals surface area (Å²) in [4.78, 5) is 40.1. The van der Waals surface area contributed by atoms with Gasteiger partial charge in [-0.05, 0) is 81.9 Å². The number of carboxylic acids is 1. The van der Waals surface area contributed by atoms with Crippen molar-refractivity contribution in [1.29, 1.82) is 0 Å². The first kappa shape index (κ1) is 23.7. The molecule has 0 atom stereocenters. The highest BCUT2D eigenvalue weighted by molar-refractivity contribution is 9.15. The summed E-state index contributed by atoms with van der Waals surface area (Å²) < 4.78 is 2.99. The Morgan fingerprint density at radius 1 is 1.07 bits per heavy atom.